The van der Waals surface area contributed by atoms with Gasteiger partial charge in [-0.2, -0.15) is 0 Å². The van der Waals surface area contributed by atoms with Gasteiger partial charge in [0.05, 0.1) is 0 Å². The standard InChI is InChI=1S/C3H5OS/c4-2-1-3-5/h4H,1-2H2. The molecular weight excluding hydrogens is 84.1 g/mol. The summed E-state index contributed by atoms with van der Waals surface area (Å²) in [5.74, 6) is 0. The third-order valence-corrected chi connectivity index (χ3v) is 0.418. The van der Waals surface area contributed by atoms with Gasteiger partial charge in [0.25, 0.3) is 0 Å². The van der Waals surface area contributed by atoms with E-state index in [1.165, 1.54) is 0 Å². The van der Waals surface area contributed by atoms with Gasteiger partial charge in [-0.05, 0) is 0 Å². The molecule has 1 radical (unpaired) electrons. The van der Waals surface area contributed by atoms with Crippen LogP contribution in [0, 0.1) is 0 Å². The summed E-state index contributed by atoms with van der Waals surface area (Å²) in [6.07, 6.45) is 0.509. The Kier molecular flexibility index (Phi) is 4.09. The number of rotatable bonds is 2. The van der Waals surface area contributed by atoms with Gasteiger partial charge in [0, 0.05) is 18.4 Å². The van der Waals surface area contributed by atoms with E-state index in [-0.39, 0.29) is 6.61 Å². The molecule has 0 atom stereocenters. The maximum Gasteiger partial charge on any atom is 0.0480 e. The predicted octanol–water partition coefficient (Wildman–Crippen LogP) is 0.245. The Hall–Kier alpha value is 0.0500. The molecule has 0 fully saturated rings. The number of aliphatic hydroxyl groups is 1. The average molecular weight is 89.1 g/mol. The number of hydrogen-bond donors (Lipinski definition) is 1. The van der Waals surface area contributed by atoms with Gasteiger partial charge >= 0.3 is 0 Å². The van der Waals surface area contributed by atoms with E-state index in [4.69, 9.17) is 5.11 Å². The van der Waals surface area contributed by atoms with Gasteiger partial charge in [0.15, 0.2) is 0 Å². The van der Waals surface area contributed by atoms with Crippen LogP contribution >= 0.6 is 12.2 Å². The van der Waals surface area contributed by atoms with Crippen molar-refractivity contribution in [1.29, 1.82) is 0 Å². The smallest absolute Gasteiger partial charge is 0.0480 e. The fourth-order valence-electron chi connectivity index (χ4n) is 0.0456. The van der Waals surface area contributed by atoms with E-state index in [2.05, 4.69) is 17.6 Å². The lowest BCUT2D eigenvalue weighted by molar-refractivity contribution is 0.309. The molecule has 0 aliphatic heterocycles. The highest BCUT2D eigenvalue weighted by molar-refractivity contribution is 7.78. The molecule has 2 heteroatoms. The molecule has 1 nitrogen and oxygen atoms in total. The molecule has 0 unspecified atom stereocenters. The van der Waals surface area contributed by atoms with Gasteiger partial charge < -0.3 is 5.11 Å². The third-order valence-electron chi connectivity index (χ3n) is 0.214. The van der Waals surface area contributed by atoms with Crippen molar-refractivity contribution in [2.75, 3.05) is 6.61 Å². The first-order chi connectivity index (χ1) is 2.41. The molecule has 0 bridgehead atoms. The minimum absolute atomic E-state index is 0.128. The van der Waals surface area contributed by atoms with Crippen LogP contribution in [0.5, 0.6) is 0 Å². The van der Waals surface area contributed by atoms with Crippen LogP contribution in [-0.4, -0.2) is 17.1 Å². The zero-order valence-electron chi connectivity index (χ0n) is 2.77. The fourth-order valence-corrected chi connectivity index (χ4v) is 0.137. The summed E-state index contributed by atoms with van der Waals surface area (Å²) < 4.78 is 0. The van der Waals surface area contributed by atoms with Crippen molar-refractivity contribution in [2.45, 2.75) is 6.42 Å². The average Bonchev–Trinajstić information content (AvgIpc) is 1.41. The molecule has 0 aromatic carbocycles. The zero-order valence-corrected chi connectivity index (χ0v) is 3.59. The second kappa shape index (κ2) is 4.05. The molecule has 0 amide bonds. The molecule has 0 aliphatic rings. The van der Waals surface area contributed by atoms with E-state index < -0.39 is 0 Å². The van der Waals surface area contributed by atoms with Crippen LogP contribution in [0.25, 0.3) is 0 Å². The summed E-state index contributed by atoms with van der Waals surface area (Å²) in [7, 11) is 0. The lowest BCUT2D eigenvalue weighted by atomic mass is 10.5. The van der Waals surface area contributed by atoms with Crippen LogP contribution < -0.4 is 0 Å². The number of thiocarbonyl (C=S) groups is 1. The van der Waals surface area contributed by atoms with Crippen molar-refractivity contribution in [2.24, 2.45) is 0 Å². The first-order valence-corrected chi connectivity index (χ1v) is 1.78. The highest BCUT2D eigenvalue weighted by Crippen LogP contribution is 1.63. The van der Waals surface area contributed by atoms with E-state index >= 15 is 0 Å². The Morgan fingerprint density at radius 1 is 1.80 bits per heavy atom. The van der Waals surface area contributed by atoms with Crippen molar-refractivity contribution in [3.8, 4) is 0 Å². The van der Waals surface area contributed by atoms with Crippen molar-refractivity contribution >= 4 is 17.6 Å². The van der Waals surface area contributed by atoms with Gasteiger partial charge in [0.2, 0.25) is 0 Å². The molecule has 0 rings (SSSR count). The molecule has 0 saturated heterocycles. The zero-order chi connectivity index (χ0) is 4.12. The van der Waals surface area contributed by atoms with E-state index in [0.29, 0.717) is 6.42 Å². The first-order valence-electron chi connectivity index (χ1n) is 1.37. The fraction of sp³-hybridized carbons (Fsp3) is 0.667. The molecule has 1 N–H and O–H groups in total. The van der Waals surface area contributed by atoms with Crippen LogP contribution in [0.15, 0.2) is 0 Å². The first kappa shape index (κ1) is 5.05. The SMILES string of the molecule is OCC[C]=S. The van der Waals surface area contributed by atoms with Gasteiger partial charge in [-0.15, -0.1) is 0 Å². The highest BCUT2D eigenvalue weighted by atomic mass is 32.1. The minimum Gasteiger partial charge on any atom is -0.396 e. The van der Waals surface area contributed by atoms with Gasteiger partial charge in [-0.25, -0.2) is 0 Å². The molecule has 5 heavy (non-hydrogen) atoms. The second-order valence-electron chi connectivity index (χ2n) is 0.618. The summed E-state index contributed by atoms with van der Waals surface area (Å²) in [5, 5.41) is 10.3. The lowest BCUT2D eigenvalue weighted by Gasteiger charge is -1.70. The Morgan fingerprint density at radius 2 is 2.40 bits per heavy atom. The molecule has 0 spiro atoms. The minimum atomic E-state index is 0.128. The summed E-state index contributed by atoms with van der Waals surface area (Å²) in [4.78, 5) is 0. The van der Waals surface area contributed by atoms with Crippen molar-refractivity contribution in [3.63, 3.8) is 0 Å². The lowest BCUT2D eigenvalue weighted by Crippen LogP contribution is -1.77. The van der Waals surface area contributed by atoms with Crippen LogP contribution in [0.2, 0.25) is 0 Å². The van der Waals surface area contributed by atoms with E-state index in [9.17, 15) is 0 Å². The van der Waals surface area contributed by atoms with Crippen LogP contribution in [0.1, 0.15) is 6.42 Å². The molecule has 0 aromatic rings. The molecule has 0 aliphatic carbocycles. The quantitative estimate of drug-likeness (QED) is 0.489. The van der Waals surface area contributed by atoms with Crippen molar-refractivity contribution in [1.82, 2.24) is 0 Å². The molecule has 0 aromatic heterocycles. The Morgan fingerprint density at radius 3 is 2.40 bits per heavy atom. The maximum absolute atomic E-state index is 7.94. The maximum atomic E-state index is 7.94. The molecule has 0 saturated carbocycles. The van der Waals surface area contributed by atoms with Gasteiger partial charge in [-0.1, -0.05) is 12.2 Å². The second-order valence-corrected chi connectivity index (χ2v) is 0.907. The number of aliphatic hydroxyl groups excluding tert-OH is 1. The third kappa shape index (κ3) is 4.05. The normalized spacial score (nSPS) is 7.40. The monoisotopic (exact) mass is 89.0 g/mol. The van der Waals surface area contributed by atoms with E-state index in [0.717, 1.165) is 0 Å². The summed E-state index contributed by atoms with van der Waals surface area (Å²) in [5.41, 5.74) is 0. The van der Waals surface area contributed by atoms with Crippen molar-refractivity contribution < 1.29 is 5.11 Å². The van der Waals surface area contributed by atoms with E-state index in [1.54, 1.807) is 0 Å². The Bertz CT molecular complexity index is 28.1. The largest absolute Gasteiger partial charge is 0.396 e. The van der Waals surface area contributed by atoms with Crippen LogP contribution in [0.4, 0.5) is 0 Å². The Balaban J connectivity index is 2.40. The van der Waals surface area contributed by atoms with Crippen LogP contribution in [0.3, 0.4) is 0 Å². The summed E-state index contributed by atoms with van der Waals surface area (Å²) in [6, 6.07) is 0. The number of hydrogen-bond acceptors (Lipinski definition) is 2. The molecule has 0 heterocycles. The van der Waals surface area contributed by atoms with Crippen LogP contribution in [-0.2, 0) is 0 Å². The van der Waals surface area contributed by atoms with Crippen molar-refractivity contribution in [3.05, 3.63) is 0 Å². The summed E-state index contributed by atoms with van der Waals surface area (Å²) in [6.45, 7) is 0.128. The Labute approximate surface area is 36.6 Å². The van der Waals surface area contributed by atoms with Gasteiger partial charge in [0.1, 0.15) is 0 Å². The topological polar surface area (TPSA) is 20.2 Å². The predicted molar refractivity (Wildman–Crippen MR) is 24.3 cm³/mol. The summed E-state index contributed by atoms with van der Waals surface area (Å²) >= 11 is 4.24. The molecule has 29 valence electrons. The molecular formula is C3H5OS. The van der Waals surface area contributed by atoms with Gasteiger partial charge in [-0.3, -0.25) is 0 Å². The van der Waals surface area contributed by atoms with E-state index in [1.807, 2.05) is 0 Å². The highest BCUT2D eigenvalue weighted by Gasteiger charge is 1.65.